The van der Waals surface area contributed by atoms with Crippen molar-refractivity contribution in [1.29, 1.82) is 0 Å². The van der Waals surface area contributed by atoms with Crippen molar-refractivity contribution in [2.75, 3.05) is 28.6 Å². The molecule has 5 heteroatoms. The van der Waals surface area contributed by atoms with Crippen LogP contribution in [0.25, 0.3) is 0 Å². The van der Waals surface area contributed by atoms with E-state index in [1.165, 1.54) is 38.0 Å². The summed E-state index contributed by atoms with van der Waals surface area (Å²) >= 11 is 0. The van der Waals surface area contributed by atoms with Crippen LogP contribution in [0.15, 0.2) is 30.3 Å². The lowest BCUT2D eigenvalue weighted by atomic mass is 10.1. The van der Waals surface area contributed by atoms with E-state index in [2.05, 4.69) is 63.6 Å². The highest BCUT2D eigenvalue weighted by molar-refractivity contribution is 5.62. The average Bonchev–Trinajstić information content (AvgIpc) is 2.55. The van der Waals surface area contributed by atoms with Crippen LogP contribution in [0, 0.1) is 6.92 Å². The Morgan fingerprint density at radius 1 is 0.958 bits per heavy atom. The van der Waals surface area contributed by atoms with Crippen LogP contribution in [-0.4, -0.2) is 29.1 Å². The molecule has 1 fully saturated rings. The molecule has 2 heterocycles. The molecule has 1 aromatic heterocycles. The molecule has 5 nitrogen and oxygen atoms in total. The maximum absolute atomic E-state index is 4.48. The van der Waals surface area contributed by atoms with E-state index in [1.54, 1.807) is 0 Å². The third kappa shape index (κ3) is 4.37. The number of rotatable bonds is 5. The number of piperidine rings is 1. The summed E-state index contributed by atoms with van der Waals surface area (Å²) in [5.74, 6) is 2.43. The second-order valence-electron chi connectivity index (χ2n) is 6.70. The van der Waals surface area contributed by atoms with Gasteiger partial charge >= 0.3 is 0 Å². The van der Waals surface area contributed by atoms with E-state index >= 15 is 0 Å². The lowest BCUT2D eigenvalue weighted by Gasteiger charge is -2.28. The first-order valence-corrected chi connectivity index (χ1v) is 8.84. The summed E-state index contributed by atoms with van der Waals surface area (Å²) in [6.07, 6.45) is 3.95. The molecule has 3 rings (SSSR count). The van der Waals surface area contributed by atoms with Gasteiger partial charge in [-0.05, 0) is 64.3 Å². The number of aromatic nitrogens is 2. The second-order valence-corrected chi connectivity index (χ2v) is 6.70. The van der Waals surface area contributed by atoms with Crippen molar-refractivity contribution >= 4 is 23.0 Å². The maximum atomic E-state index is 4.48. The van der Waals surface area contributed by atoms with Crippen LogP contribution in [-0.2, 0) is 0 Å². The normalized spacial score (nSPS) is 14.8. The second kappa shape index (κ2) is 7.51. The van der Waals surface area contributed by atoms with Gasteiger partial charge in [0.15, 0.2) is 0 Å². The summed E-state index contributed by atoms with van der Waals surface area (Å²) in [5.41, 5.74) is 2.35. The van der Waals surface area contributed by atoms with Crippen molar-refractivity contribution in [2.45, 2.75) is 46.1 Å². The number of nitrogens with one attached hydrogen (secondary N) is 2. The first kappa shape index (κ1) is 16.6. The van der Waals surface area contributed by atoms with Crippen LogP contribution in [0.2, 0.25) is 0 Å². The Hall–Kier alpha value is -2.30. The van der Waals surface area contributed by atoms with E-state index in [4.69, 9.17) is 0 Å². The van der Waals surface area contributed by atoms with Crippen LogP contribution in [0.4, 0.5) is 23.0 Å². The molecule has 0 atom stereocenters. The number of benzene rings is 1. The van der Waals surface area contributed by atoms with Crippen molar-refractivity contribution in [1.82, 2.24) is 9.97 Å². The van der Waals surface area contributed by atoms with Gasteiger partial charge in [0.25, 0.3) is 0 Å². The summed E-state index contributed by atoms with van der Waals surface area (Å²) in [5, 5.41) is 6.70. The molecule has 2 N–H and O–H groups in total. The van der Waals surface area contributed by atoms with Crippen molar-refractivity contribution in [2.24, 2.45) is 0 Å². The Morgan fingerprint density at radius 2 is 1.62 bits per heavy atom. The van der Waals surface area contributed by atoms with E-state index in [9.17, 15) is 0 Å². The highest BCUT2D eigenvalue weighted by atomic mass is 15.1. The monoisotopic (exact) mass is 325 g/mol. The van der Waals surface area contributed by atoms with E-state index in [0.29, 0.717) is 6.04 Å². The molecule has 24 heavy (non-hydrogen) atoms. The van der Waals surface area contributed by atoms with Crippen molar-refractivity contribution in [3.63, 3.8) is 0 Å². The molecule has 0 spiro atoms. The first-order valence-electron chi connectivity index (χ1n) is 8.84. The molecule has 0 amide bonds. The Labute approximate surface area is 144 Å². The molecule has 0 radical (unpaired) electrons. The minimum Gasteiger partial charge on any atom is -0.372 e. The van der Waals surface area contributed by atoms with Gasteiger partial charge in [0.2, 0.25) is 0 Å². The largest absolute Gasteiger partial charge is 0.372 e. The third-order valence-corrected chi connectivity index (χ3v) is 4.14. The Kier molecular flexibility index (Phi) is 5.18. The quantitative estimate of drug-likeness (QED) is 0.856. The Morgan fingerprint density at radius 3 is 2.29 bits per heavy atom. The minimum absolute atomic E-state index is 0.343. The van der Waals surface area contributed by atoms with Crippen LogP contribution in [0.1, 0.15) is 38.9 Å². The number of aryl methyl sites for hydroxylation is 1. The third-order valence-electron chi connectivity index (χ3n) is 4.14. The molecule has 1 aliphatic rings. The van der Waals surface area contributed by atoms with Gasteiger partial charge in [0.05, 0.1) is 0 Å². The summed E-state index contributed by atoms with van der Waals surface area (Å²) < 4.78 is 0. The molecule has 2 aromatic rings. The summed E-state index contributed by atoms with van der Waals surface area (Å²) in [7, 11) is 0. The number of anilines is 4. The highest BCUT2D eigenvalue weighted by Gasteiger charge is 2.10. The molecule has 1 aliphatic heterocycles. The first-order chi connectivity index (χ1) is 11.6. The maximum Gasteiger partial charge on any atom is 0.136 e. The standard InChI is InChI=1S/C19H27N5/c1-14(2)20-18-13-19(22-15(3)21-18)23-16-7-9-17(10-8-16)24-11-5-4-6-12-24/h7-10,13-14H,4-6,11-12H2,1-3H3,(H2,20,21,22,23). The summed E-state index contributed by atoms with van der Waals surface area (Å²) in [6.45, 7) is 8.45. The van der Waals surface area contributed by atoms with E-state index in [0.717, 1.165) is 23.1 Å². The lowest BCUT2D eigenvalue weighted by Crippen LogP contribution is -2.29. The van der Waals surface area contributed by atoms with Crippen molar-refractivity contribution in [3.05, 3.63) is 36.2 Å². The van der Waals surface area contributed by atoms with Gasteiger partial charge in [-0.3, -0.25) is 0 Å². The zero-order valence-electron chi connectivity index (χ0n) is 14.8. The van der Waals surface area contributed by atoms with Gasteiger partial charge in [-0.2, -0.15) is 0 Å². The van der Waals surface area contributed by atoms with Gasteiger partial charge in [-0.25, -0.2) is 9.97 Å². The van der Waals surface area contributed by atoms with Gasteiger partial charge < -0.3 is 15.5 Å². The van der Waals surface area contributed by atoms with Crippen molar-refractivity contribution in [3.8, 4) is 0 Å². The predicted octanol–water partition coefficient (Wildman–Crippen LogP) is 4.34. The molecule has 0 saturated carbocycles. The smallest absolute Gasteiger partial charge is 0.136 e. The molecule has 1 aromatic carbocycles. The lowest BCUT2D eigenvalue weighted by molar-refractivity contribution is 0.578. The number of nitrogens with zero attached hydrogens (tertiary/aromatic N) is 3. The van der Waals surface area contributed by atoms with Crippen LogP contribution >= 0.6 is 0 Å². The highest BCUT2D eigenvalue weighted by Crippen LogP contribution is 2.24. The van der Waals surface area contributed by atoms with Crippen LogP contribution < -0.4 is 15.5 Å². The average molecular weight is 325 g/mol. The van der Waals surface area contributed by atoms with Gasteiger partial charge in [-0.15, -0.1) is 0 Å². The number of hydrogen-bond donors (Lipinski definition) is 2. The molecular formula is C19H27N5. The summed E-state index contributed by atoms with van der Waals surface area (Å²) in [6, 6.07) is 10.9. The molecule has 0 bridgehead atoms. The molecule has 128 valence electrons. The van der Waals surface area contributed by atoms with Crippen LogP contribution in [0.5, 0.6) is 0 Å². The Bertz CT molecular complexity index is 660. The fourth-order valence-electron chi connectivity index (χ4n) is 3.06. The fourth-order valence-corrected chi connectivity index (χ4v) is 3.06. The Balaban J connectivity index is 1.70. The predicted molar refractivity (Wildman–Crippen MR) is 101 cm³/mol. The minimum atomic E-state index is 0.343. The van der Waals surface area contributed by atoms with E-state index in [1.807, 2.05) is 13.0 Å². The fraction of sp³-hybridized carbons (Fsp3) is 0.474. The number of hydrogen-bond acceptors (Lipinski definition) is 5. The SMILES string of the molecule is Cc1nc(Nc2ccc(N3CCCCC3)cc2)cc(NC(C)C)n1. The molecule has 0 aliphatic carbocycles. The van der Waals surface area contributed by atoms with Gasteiger partial charge in [0, 0.05) is 36.6 Å². The molecule has 0 unspecified atom stereocenters. The van der Waals surface area contributed by atoms with E-state index < -0.39 is 0 Å². The zero-order chi connectivity index (χ0) is 16.9. The van der Waals surface area contributed by atoms with Gasteiger partial charge in [0.1, 0.15) is 17.5 Å². The van der Waals surface area contributed by atoms with Crippen molar-refractivity contribution < 1.29 is 0 Å². The van der Waals surface area contributed by atoms with Gasteiger partial charge in [-0.1, -0.05) is 0 Å². The zero-order valence-corrected chi connectivity index (χ0v) is 14.8. The molecule has 1 saturated heterocycles. The topological polar surface area (TPSA) is 53.1 Å². The van der Waals surface area contributed by atoms with E-state index in [-0.39, 0.29) is 0 Å². The van der Waals surface area contributed by atoms with Crippen LogP contribution in [0.3, 0.4) is 0 Å². The molecular weight excluding hydrogens is 298 g/mol. The summed E-state index contributed by atoms with van der Waals surface area (Å²) in [4.78, 5) is 11.4.